The second-order valence-electron chi connectivity index (χ2n) is 7.35. The highest BCUT2D eigenvalue weighted by atomic mass is 16.5. The van der Waals surface area contributed by atoms with Gasteiger partial charge in [0.05, 0.1) is 13.2 Å². The van der Waals surface area contributed by atoms with E-state index in [4.69, 9.17) is 4.74 Å². The Labute approximate surface area is 172 Å². The molecule has 1 N–H and O–H groups in total. The number of amides is 2. The second kappa shape index (κ2) is 10.2. The van der Waals surface area contributed by atoms with Crippen molar-refractivity contribution < 1.29 is 14.3 Å². The summed E-state index contributed by atoms with van der Waals surface area (Å²) in [6, 6.07) is 17.2. The van der Waals surface area contributed by atoms with E-state index in [1.165, 1.54) is 0 Å². The van der Waals surface area contributed by atoms with Crippen molar-refractivity contribution in [3.63, 3.8) is 0 Å². The summed E-state index contributed by atoms with van der Waals surface area (Å²) in [5.41, 5.74) is 2.49. The number of hydrogen-bond donors (Lipinski definition) is 1. The highest BCUT2D eigenvalue weighted by Gasteiger charge is 2.19. The fourth-order valence-corrected chi connectivity index (χ4v) is 3.36. The summed E-state index contributed by atoms with van der Waals surface area (Å²) in [4.78, 5) is 28.8. The first-order chi connectivity index (χ1) is 14.0. The van der Waals surface area contributed by atoms with Crippen molar-refractivity contribution >= 4 is 17.5 Å². The first-order valence-corrected chi connectivity index (χ1v) is 10.1. The first-order valence-electron chi connectivity index (χ1n) is 10.1. The molecule has 1 unspecified atom stereocenters. The second-order valence-corrected chi connectivity index (χ2v) is 7.35. The Morgan fingerprint density at radius 3 is 2.55 bits per heavy atom. The highest BCUT2D eigenvalue weighted by molar-refractivity contribution is 6.04. The van der Waals surface area contributed by atoms with E-state index < -0.39 is 0 Å². The zero-order valence-electron chi connectivity index (χ0n) is 17.1. The SMILES string of the molecule is CC(c1cccc(NC(=O)c2ccccc2)c1)N(C)CCC(=O)N1CCOCC1. The molecule has 2 amide bonds. The van der Waals surface area contributed by atoms with Gasteiger partial charge in [0, 0.05) is 43.3 Å². The van der Waals surface area contributed by atoms with Gasteiger partial charge in [-0.3, -0.25) is 14.5 Å². The summed E-state index contributed by atoms with van der Waals surface area (Å²) in [6.07, 6.45) is 0.491. The van der Waals surface area contributed by atoms with Crippen LogP contribution in [0.5, 0.6) is 0 Å². The number of nitrogens with zero attached hydrogens (tertiary/aromatic N) is 2. The van der Waals surface area contributed by atoms with Gasteiger partial charge in [-0.15, -0.1) is 0 Å². The number of carbonyl (C=O) groups is 2. The Hall–Kier alpha value is -2.70. The predicted molar refractivity (Wildman–Crippen MR) is 114 cm³/mol. The van der Waals surface area contributed by atoms with Gasteiger partial charge in [0.25, 0.3) is 5.91 Å². The van der Waals surface area contributed by atoms with Crippen LogP contribution < -0.4 is 5.32 Å². The summed E-state index contributed by atoms with van der Waals surface area (Å²) in [7, 11) is 2.02. The molecule has 1 saturated heterocycles. The van der Waals surface area contributed by atoms with Crippen molar-refractivity contribution in [2.75, 3.05) is 45.2 Å². The van der Waals surface area contributed by atoms with Crippen LogP contribution in [-0.2, 0) is 9.53 Å². The number of hydrogen-bond acceptors (Lipinski definition) is 4. The van der Waals surface area contributed by atoms with Crippen LogP contribution in [0.15, 0.2) is 54.6 Å². The number of benzene rings is 2. The molecule has 0 spiro atoms. The maximum absolute atomic E-state index is 12.4. The van der Waals surface area contributed by atoms with Gasteiger partial charge in [0.15, 0.2) is 0 Å². The van der Waals surface area contributed by atoms with Crippen LogP contribution in [-0.4, -0.2) is 61.5 Å². The van der Waals surface area contributed by atoms with Crippen molar-refractivity contribution in [1.82, 2.24) is 9.80 Å². The zero-order valence-corrected chi connectivity index (χ0v) is 17.1. The molecular formula is C23H29N3O3. The summed E-state index contributed by atoms with van der Waals surface area (Å²) >= 11 is 0. The van der Waals surface area contributed by atoms with Gasteiger partial charge >= 0.3 is 0 Å². The minimum atomic E-state index is -0.125. The van der Waals surface area contributed by atoms with E-state index in [9.17, 15) is 9.59 Å². The molecule has 1 atom stereocenters. The summed E-state index contributed by atoms with van der Waals surface area (Å²) in [6.45, 7) is 5.40. The van der Waals surface area contributed by atoms with Crippen molar-refractivity contribution in [1.29, 1.82) is 0 Å². The number of carbonyl (C=O) groups excluding carboxylic acids is 2. The molecule has 0 aromatic heterocycles. The molecule has 6 nitrogen and oxygen atoms in total. The third-order valence-electron chi connectivity index (χ3n) is 5.37. The molecule has 1 fully saturated rings. The molecule has 1 aliphatic heterocycles. The van der Waals surface area contributed by atoms with Crippen molar-refractivity contribution in [2.45, 2.75) is 19.4 Å². The summed E-state index contributed by atoms with van der Waals surface area (Å²) in [5.74, 6) is 0.0519. The molecule has 3 rings (SSSR count). The van der Waals surface area contributed by atoms with Gasteiger partial charge in [-0.05, 0) is 43.8 Å². The van der Waals surface area contributed by atoms with E-state index in [1.807, 2.05) is 54.4 Å². The van der Waals surface area contributed by atoms with E-state index in [0.29, 0.717) is 44.8 Å². The number of rotatable bonds is 7. The minimum absolute atomic E-state index is 0.125. The van der Waals surface area contributed by atoms with E-state index in [-0.39, 0.29) is 17.9 Å². The molecule has 0 radical (unpaired) electrons. The monoisotopic (exact) mass is 395 g/mol. The first kappa shape index (κ1) is 21.0. The lowest BCUT2D eigenvalue weighted by atomic mass is 10.1. The van der Waals surface area contributed by atoms with Crippen molar-refractivity contribution in [3.8, 4) is 0 Å². The van der Waals surface area contributed by atoms with E-state index in [1.54, 1.807) is 12.1 Å². The Balaban J connectivity index is 1.55. The standard InChI is InChI=1S/C23H29N3O3/c1-18(25(2)12-11-22(27)26-13-15-29-16-14-26)20-9-6-10-21(17-20)24-23(28)19-7-4-3-5-8-19/h3-10,17-18H,11-16H2,1-2H3,(H,24,28). The van der Waals surface area contributed by atoms with Gasteiger partial charge in [-0.1, -0.05) is 30.3 Å². The number of morpholine rings is 1. The normalized spacial score (nSPS) is 15.2. The lowest BCUT2D eigenvalue weighted by molar-refractivity contribution is -0.135. The van der Waals surface area contributed by atoms with Crippen LogP contribution >= 0.6 is 0 Å². The molecule has 1 heterocycles. The smallest absolute Gasteiger partial charge is 0.255 e. The molecular weight excluding hydrogens is 366 g/mol. The Kier molecular flexibility index (Phi) is 7.38. The third kappa shape index (κ3) is 5.89. The molecule has 1 aliphatic rings. The van der Waals surface area contributed by atoms with Gasteiger partial charge in [0.2, 0.25) is 5.91 Å². The van der Waals surface area contributed by atoms with Crippen LogP contribution in [0.1, 0.15) is 35.3 Å². The Bertz CT molecular complexity index is 819. The van der Waals surface area contributed by atoms with Crippen molar-refractivity contribution in [3.05, 3.63) is 65.7 Å². The largest absolute Gasteiger partial charge is 0.378 e. The van der Waals surface area contributed by atoms with E-state index >= 15 is 0 Å². The predicted octanol–water partition coefficient (Wildman–Crippen LogP) is 3.18. The van der Waals surface area contributed by atoms with Crippen LogP contribution in [0.2, 0.25) is 0 Å². The van der Waals surface area contributed by atoms with E-state index in [0.717, 1.165) is 11.3 Å². The molecule has 6 heteroatoms. The maximum Gasteiger partial charge on any atom is 0.255 e. The average molecular weight is 396 g/mol. The maximum atomic E-state index is 12.4. The van der Waals surface area contributed by atoms with Gasteiger partial charge in [-0.25, -0.2) is 0 Å². The summed E-state index contributed by atoms with van der Waals surface area (Å²) < 4.78 is 5.30. The molecule has 29 heavy (non-hydrogen) atoms. The Morgan fingerprint density at radius 1 is 1.10 bits per heavy atom. The molecule has 2 aromatic carbocycles. The molecule has 2 aromatic rings. The van der Waals surface area contributed by atoms with Gasteiger partial charge in [-0.2, -0.15) is 0 Å². The van der Waals surface area contributed by atoms with Crippen LogP contribution in [0, 0.1) is 0 Å². The topological polar surface area (TPSA) is 61.9 Å². The van der Waals surface area contributed by atoms with Crippen LogP contribution in [0.4, 0.5) is 5.69 Å². The summed E-state index contributed by atoms with van der Waals surface area (Å²) in [5, 5.41) is 2.96. The Morgan fingerprint density at radius 2 is 1.83 bits per heavy atom. The van der Waals surface area contributed by atoms with E-state index in [2.05, 4.69) is 17.1 Å². The highest BCUT2D eigenvalue weighted by Crippen LogP contribution is 2.22. The number of nitrogens with one attached hydrogen (secondary N) is 1. The van der Waals surface area contributed by atoms with Gasteiger partial charge < -0.3 is 15.0 Å². The molecule has 0 aliphatic carbocycles. The fourth-order valence-electron chi connectivity index (χ4n) is 3.36. The minimum Gasteiger partial charge on any atom is -0.378 e. The average Bonchev–Trinajstić information content (AvgIpc) is 2.78. The molecule has 0 bridgehead atoms. The third-order valence-corrected chi connectivity index (χ3v) is 5.37. The number of ether oxygens (including phenoxy) is 1. The quantitative estimate of drug-likeness (QED) is 0.782. The lowest BCUT2D eigenvalue weighted by Gasteiger charge is -2.29. The number of anilines is 1. The van der Waals surface area contributed by atoms with Gasteiger partial charge in [0.1, 0.15) is 0 Å². The molecule has 0 saturated carbocycles. The van der Waals surface area contributed by atoms with Crippen LogP contribution in [0.3, 0.4) is 0 Å². The molecule has 154 valence electrons. The van der Waals surface area contributed by atoms with Crippen molar-refractivity contribution in [2.24, 2.45) is 0 Å². The zero-order chi connectivity index (χ0) is 20.6. The fraction of sp³-hybridized carbons (Fsp3) is 0.391. The lowest BCUT2D eigenvalue weighted by Crippen LogP contribution is -2.41. The van der Waals surface area contributed by atoms with Crippen LogP contribution in [0.25, 0.3) is 0 Å².